The zero-order valence-corrected chi connectivity index (χ0v) is 18.4. The Labute approximate surface area is 182 Å². The smallest absolute Gasteiger partial charge is 0.264 e. The first-order valence-corrected chi connectivity index (χ1v) is 11.3. The fourth-order valence-corrected chi connectivity index (χ4v) is 4.86. The van der Waals surface area contributed by atoms with Crippen molar-refractivity contribution >= 4 is 33.2 Å². The molecule has 0 aliphatic carbocycles. The number of amides is 1. The van der Waals surface area contributed by atoms with Gasteiger partial charge in [-0.3, -0.25) is 9.10 Å². The summed E-state index contributed by atoms with van der Waals surface area (Å²) in [5.41, 5.74) is 3.11. The molecule has 0 fully saturated rings. The maximum Gasteiger partial charge on any atom is 0.264 e. The summed E-state index contributed by atoms with van der Waals surface area (Å²) < 4.78 is 27.8. The molecule has 1 amide bonds. The third-order valence-corrected chi connectivity index (χ3v) is 6.63. The SMILES string of the molecule is Cc1cccc(CNC(=O)CN(c2ccc(Cl)cc2C)S(=O)(=O)c2ccccc2)c1. The van der Waals surface area contributed by atoms with Crippen LogP contribution in [0.5, 0.6) is 0 Å². The molecule has 1 N–H and O–H groups in total. The first kappa shape index (κ1) is 21.9. The Kier molecular flexibility index (Phi) is 6.80. The van der Waals surface area contributed by atoms with Crippen molar-refractivity contribution in [3.63, 3.8) is 0 Å². The van der Waals surface area contributed by atoms with Crippen LogP contribution in [0.1, 0.15) is 16.7 Å². The van der Waals surface area contributed by atoms with Crippen LogP contribution < -0.4 is 9.62 Å². The van der Waals surface area contributed by atoms with Crippen LogP contribution in [0, 0.1) is 13.8 Å². The second-order valence-corrected chi connectivity index (χ2v) is 9.32. The molecule has 156 valence electrons. The Morgan fingerprint density at radius 3 is 2.37 bits per heavy atom. The summed E-state index contributed by atoms with van der Waals surface area (Å²) >= 11 is 6.04. The third-order valence-electron chi connectivity index (χ3n) is 4.62. The fraction of sp³-hybridized carbons (Fsp3) is 0.174. The monoisotopic (exact) mass is 442 g/mol. The predicted molar refractivity (Wildman–Crippen MR) is 120 cm³/mol. The van der Waals surface area contributed by atoms with Gasteiger partial charge in [0.15, 0.2) is 0 Å². The largest absolute Gasteiger partial charge is 0.350 e. The molecule has 0 heterocycles. The molecule has 7 heteroatoms. The highest BCUT2D eigenvalue weighted by Crippen LogP contribution is 2.28. The molecule has 0 saturated heterocycles. The Morgan fingerprint density at radius 2 is 1.70 bits per heavy atom. The second kappa shape index (κ2) is 9.32. The van der Waals surface area contributed by atoms with Crippen molar-refractivity contribution in [3.05, 3.63) is 94.5 Å². The Bertz CT molecular complexity index is 1150. The topological polar surface area (TPSA) is 66.5 Å². The van der Waals surface area contributed by atoms with Crippen LogP contribution in [0.25, 0.3) is 0 Å². The summed E-state index contributed by atoms with van der Waals surface area (Å²) in [6, 6.07) is 20.8. The van der Waals surface area contributed by atoms with Gasteiger partial charge in [-0.25, -0.2) is 8.42 Å². The molecular formula is C23H23ClN2O3S. The van der Waals surface area contributed by atoms with Crippen LogP contribution in [0.4, 0.5) is 5.69 Å². The average molecular weight is 443 g/mol. The van der Waals surface area contributed by atoms with Gasteiger partial charge in [0.25, 0.3) is 10.0 Å². The zero-order chi connectivity index (χ0) is 21.7. The van der Waals surface area contributed by atoms with E-state index in [0.29, 0.717) is 22.8 Å². The van der Waals surface area contributed by atoms with Gasteiger partial charge in [-0.15, -0.1) is 0 Å². The molecule has 0 aliphatic heterocycles. The summed E-state index contributed by atoms with van der Waals surface area (Å²) in [5.74, 6) is -0.398. The number of anilines is 1. The van der Waals surface area contributed by atoms with Crippen molar-refractivity contribution in [1.29, 1.82) is 0 Å². The van der Waals surface area contributed by atoms with Crippen LogP contribution in [0.15, 0.2) is 77.7 Å². The van der Waals surface area contributed by atoms with Crippen LogP contribution in [-0.2, 0) is 21.4 Å². The number of benzene rings is 3. The van der Waals surface area contributed by atoms with Crippen LogP contribution in [0.3, 0.4) is 0 Å². The summed E-state index contributed by atoms with van der Waals surface area (Å²) in [7, 11) is -3.94. The number of sulfonamides is 1. The maximum absolute atomic E-state index is 13.3. The number of hydrogen-bond donors (Lipinski definition) is 1. The fourth-order valence-electron chi connectivity index (χ4n) is 3.13. The van der Waals surface area contributed by atoms with Gasteiger partial charge in [-0.1, -0.05) is 59.6 Å². The molecular weight excluding hydrogens is 420 g/mol. The molecule has 0 radical (unpaired) electrons. The molecule has 3 rings (SSSR count). The van der Waals surface area contributed by atoms with Crippen LogP contribution in [0.2, 0.25) is 5.02 Å². The molecule has 0 bridgehead atoms. The second-order valence-electron chi connectivity index (χ2n) is 7.02. The number of hydrogen-bond acceptors (Lipinski definition) is 3. The number of nitrogens with one attached hydrogen (secondary N) is 1. The lowest BCUT2D eigenvalue weighted by atomic mass is 10.1. The van der Waals surface area contributed by atoms with E-state index in [0.717, 1.165) is 15.4 Å². The molecule has 3 aromatic carbocycles. The quantitative estimate of drug-likeness (QED) is 0.587. The summed E-state index contributed by atoms with van der Waals surface area (Å²) in [6.45, 7) is 3.72. The van der Waals surface area contributed by atoms with E-state index in [9.17, 15) is 13.2 Å². The highest BCUT2D eigenvalue weighted by atomic mass is 35.5. The Hall–Kier alpha value is -2.83. The van der Waals surface area contributed by atoms with E-state index in [2.05, 4.69) is 5.32 Å². The van der Waals surface area contributed by atoms with Gasteiger partial charge in [0.05, 0.1) is 10.6 Å². The molecule has 0 aromatic heterocycles. The van der Waals surface area contributed by atoms with Gasteiger partial charge in [0.1, 0.15) is 6.54 Å². The number of carbonyl (C=O) groups excluding carboxylic acids is 1. The summed E-state index contributed by atoms with van der Waals surface area (Å²) in [5, 5.41) is 3.31. The number of halogens is 1. The minimum atomic E-state index is -3.94. The normalized spacial score (nSPS) is 11.2. The lowest BCUT2D eigenvalue weighted by molar-refractivity contribution is -0.119. The first-order valence-electron chi connectivity index (χ1n) is 9.43. The Morgan fingerprint density at radius 1 is 0.967 bits per heavy atom. The molecule has 30 heavy (non-hydrogen) atoms. The van der Waals surface area contributed by atoms with E-state index >= 15 is 0 Å². The maximum atomic E-state index is 13.3. The predicted octanol–water partition coefficient (Wildman–Crippen LogP) is 4.47. The van der Waals surface area contributed by atoms with E-state index in [1.165, 1.54) is 12.1 Å². The van der Waals surface area contributed by atoms with Gasteiger partial charge < -0.3 is 5.32 Å². The molecule has 0 unspecified atom stereocenters. The molecule has 5 nitrogen and oxygen atoms in total. The number of rotatable bonds is 7. The van der Waals surface area contributed by atoms with Crippen molar-refractivity contribution in [3.8, 4) is 0 Å². The van der Waals surface area contributed by atoms with Gasteiger partial charge >= 0.3 is 0 Å². The summed E-state index contributed by atoms with van der Waals surface area (Å²) in [4.78, 5) is 12.8. The molecule has 0 aliphatic rings. The van der Waals surface area contributed by atoms with Crippen molar-refractivity contribution in [2.45, 2.75) is 25.3 Å². The Balaban J connectivity index is 1.88. The molecule has 0 spiro atoms. The van der Waals surface area contributed by atoms with Crippen molar-refractivity contribution < 1.29 is 13.2 Å². The number of carbonyl (C=O) groups is 1. The van der Waals surface area contributed by atoms with E-state index in [1.54, 1.807) is 43.3 Å². The van der Waals surface area contributed by atoms with E-state index < -0.39 is 15.9 Å². The number of aryl methyl sites for hydroxylation is 2. The minimum Gasteiger partial charge on any atom is -0.350 e. The van der Waals surface area contributed by atoms with Crippen LogP contribution >= 0.6 is 11.6 Å². The van der Waals surface area contributed by atoms with Crippen LogP contribution in [-0.4, -0.2) is 20.9 Å². The molecule has 0 atom stereocenters. The van der Waals surface area contributed by atoms with E-state index in [-0.39, 0.29) is 11.4 Å². The van der Waals surface area contributed by atoms with E-state index in [1.807, 2.05) is 31.2 Å². The molecule has 3 aromatic rings. The van der Waals surface area contributed by atoms with Gasteiger partial charge in [0, 0.05) is 11.6 Å². The number of nitrogens with zero attached hydrogens (tertiary/aromatic N) is 1. The first-order chi connectivity index (χ1) is 14.3. The van der Waals surface area contributed by atoms with Gasteiger partial charge in [0.2, 0.25) is 5.91 Å². The van der Waals surface area contributed by atoms with Crippen molar-refractivity contribution in [1.82, 2.24) is 5.32 Å². The third kappa shape index (κ3) is 5.20. The highest BCUT2D eigenvalue weighted by molar-refractivity contribution is 7.92. The van der Waals surface area contributed by atoms with Crippen molar-refractivity contribution in [2.24, 2.45) is 0 Å². The average Bonchev–Trinajstić information content (AvgIpc) is 2.72. The summed E-state index contributed by atoms with van der Waals surface area (Å²) in [6.07, 6.45) is 0. The van der Waals surface area contributed by atoms with Gasteiger partial charge in [-0.05, 0) is 55.3 Å². The van der Waals surface area contributed by atoms with Crippen molar-refractivity contribution in [2.75, 3.05) is 10.8 Å². The van der Waals surface area contributed by atoms with E-state index in [4.69, 9.17) is 11.6 Å². The molecule has 0 saturated carbocycles. The highest BCUT2D eigenvalue weighted by Gasteiger charge is 2.28. The minimum absolute atomic E-state index is 0.117. The zero-order valence-electron chi connectivity index (χ0n) is 16.8. The lowest BCUT2D eigenvalue weighted by Gasteiger charge is -2.25. The van der Waals surface area contributed by atoms with Gasteiger partial charge in [-0.2, -0.15) is 0 Å². The standard InChI is InChI=1S/C23H23ClN2O3S/c1-17-7-6-8-19(13-17)15-25-23(27)16-26(22-12-11-20(24)14-18(22)2)30(28,29)21-9-4-3-5-10-21/h3-14H,15-16H2,1-2H3,(H,25,27). The lowest BCUT2D eigenvalue weighted by Crippen LogP contribution is -2.41.